The van der Waals surface area contributed by atoms with Crippen molar-refractivity contribution in [1.29, 1.82) is 0 Å². The molecule has 0 unspecified atom stereocenters. The van der Waals surface area contributed by atoms with E-state index in [1.54, 1.807) is 12.3 Å². The van der Waals surface area contributed by atoms with Gasteiger partial charge < -0.3 is 20.1 Å². The number of carbonyl (C=O) groups is 1. The van der Waals surface area contributed by atoms with E-state index in [2.05, 4.69) is 15.4 Å². The number of alkyl halides is 2. The van der Waals surface area contributed by atoms with Gasteiger partial charge in [-0.15, -0.1) is 5.10 Å². The highest BCUT2D eigenvalue weighted by Gasteiger charge is 2.46. The number of aromatic nitrogens is 3. The topological polar surface area (TPSA) is 92.0 Å². The highest BCUT2D eigenvalue weighted by Crippen LogP contribution is 2.31. The molecule has 11 heteroatoms. The summed E-state index contributed by atoms with van der Waals surface area (Å²) in [7, 11) is 1.39. The summed E-state index contributed by atoms with van der Waals surface area (Å²) in [5, 5.41) is 15.9. The third-order valence-electron chi connectivity index (χ3n) is 4.01. The Hall–Kier alpha value is -2.20. The third-order valence-corrected chi connectivity index (χ3v) is 4.32. The van der Waals surface area contributed by atoms with E-state index in [4.69, 9.17) is 21.4 Å². The maximum atomic E-state index is 14.3. The zero-order valence-corrected chi connectivity index (χ0v) is 14.0. The number of nitrogens with one attached hydrogen (secondary N) is 1. The molecule has 1 fully saturated rings. The second kappa shape index (κ2) is 6.60. The fraction of sp³-hybridized carbons (Fsp3) is 0.500. The van der Waals surface area contributed by atoms with Crippen molar-refractivity contribution < 1.29 is 23.4 Å². The van der Waals surface area contributed by atoms with Gasteiger partial charge in [0.2, 0.25) is 17.7 Å². The largest absolute Gasteiger partial charge is 0.479 e. The minimum absolute atomic E-state index is 0.0190. The van der Waals surface area contributed by atoms with Crippen molar-refractivity contribution in [3.63, 3.8) is 0 Å². The first-order chi connectivity index (χ1) is 11.9. The molecule has 1 atom stereocenters. The van der Waals surface area contributed by atoms with Crippen molar-refractivity contribution in [3.8, 4) is 5.88 Å². The van der Waals surface area contributed by atoms with Crippen LogP contribution in [0.5, 0.6) is 5.88 Å². The molecule has 1 amide bonds. The monoisotopic (exact) mass is 375 g/mol. The maximum absolute atomic E-state index is 14.3. The zero-order chi connectivity index (χ0) is 18.2. The van der Waals surface area contributed by atoms with Gasteiger partial charge in [-0.2, -0.15) is 4.98 Å². The van der Waals surface area contributed by atoms with Crippen LogP contribution in [0.25, 0.3) is 5.52 Å². The standard InChI is InChI=1S/C14H16ClF2N5O3/c1-25-12-11-8(15)2-5-22(11)20-13(19-12)18-9-3-4-21(10(24)6-23)7-14(9,16)17/h2,5,9,23H,3-4,6-7H2,1H3,(H,18,20)/t9-/m1/s1. The van der Waals surface area contributed by atoms with Gasteiger partial charge in [0, 0.05) is 12.7 Å². The lowest BCUT2D eigenvalue weighted by molar-refractivity contribution is -0.145. The van der Waals surface area contributed by atoms with Crippen molar-refractivity contribution in [2.24, 2.45) is 0 Å². The Morgan fingerprint density at radius 2 is 2.36 bits per heavy atom. The summed E-state index contributed by atoms with van der Waals surface area (Å²) in [5.74, 6) is -3.81. The Morgan fingerprint density at radius 1 is 1.60 bits per heavy atom. The molecule has 2 aromatic rings. The predicted molar refractivity (Wildman–Crippen MR) is 85.2 cm³/mol. The number of carbonyl (C=O) groups excluding carboxylic acids is 1. The summed E-state index contributed by atoms with van der Waals surface area (Å²) in [6.07, 6.45) is 1.54. The van der Waals surface area contributed by atoms with E-state index in [1.165, 1.54) is 11.6 Å². The predicted octanol–water partition coefficient (Wildman–Crippen LogP) is 1.03. The summed E-state index contributed by atoms with van der Waals surface area (Å²) in [6.45, 7) is -1.47. The van der Waals surface area contributed by atoms with Crippen LogP contribution >= 0.6 is 11.6 Å². The number of halogens is 3. The number of aliphatic hydroxyl groups excluding tert-OH is 1. The van der Waals surface area contributed by atoms with E-state index in [0.29, 0.717) is 10.5 Å². The molecule has 136 valence electrons. The second-order valence-electron chi connectivity index (χ2n) is 5.62. The van der Waals surface area contributed by atoms with Crippen LogP contribution in [-0.2, 0) is 4.79 Å². The van der Waals surface area contributed by atoms with Crippen LogP contribution in [0.2, 0.25) is 5.02 Å². The second-order valence-corrected chi connectivity index (χ2v) is 6.03. The van der Waals surface area contributed by atoms with Crippen molar-refractivity contribution in [1.82, 2.24) is 19.5 Å². The van der Waals surface area contributed by atoms with Crippen LogP contribution in [0, 0.1) is 0 Å². The van der Waals surface area contributed by atoms with E-state index >= 15 is 0 Å². The summed E-state index contributed by atoms with van der Waals surface area (Å²) in [4.78, 5) is 16.4. The van der Waals surface area contributed by atoms with Crippen molar-refractivity contribution in [3.05, 3.63) is 17.3 Å². The first kappa shape index (κ1) is 17.6. The van der Waals surface area contributed by atoms with E-state index < -0.39 is 31.0 Å². The third kappa shape index (κ3) is 3.31. The number of likely N-dealkylation sites (tertiary alicyclic amines) is 1. The van der Waals surface area contributed by atoms with Crippen LogP contribution in [0.15, 0.2) is 12.3 Å². The summed E-state index contributed by atoms with van der Waals surface area (Å²) < 4.78 is 35.2. The first-order valence-corrected chi connectivity index (χ1v) is 7.85. The quantitative estimate of drug-likeness (QED) is 0.829. The fourth-order valence-corrected chi connectivity index (χ4v) is 2.97. The van der Waals surface area contributed by atoms with E-state index in [-0.39, 0.29) is 24.8 Å². The number of amides is 1. The van der Waals surface area contributed by atoms with Gasteiger partial charge in [-0.1, -0.05) is 11.6 Å². The van der Waals surface area contributed by atoms with E-state index in [0.717, 1.165) is 4.90 Å². The number of hydrogen-bond donors (Lipinski definition) is 2. The van der Waals surface area contributed by atoms with Crippen LogP contribution in [0.3, 0.4) is 0 Å². The Morgan fingerprint density at radius 3 is 3.00 bits per heavy atom. The molecule has 0 radical (unpaired) electrons. The zero-order valence-electron chi connectivity index (χ0n) is 13.2. The lowest BCUT2D eigenvalue weighted by atomic mass is 10.0. The van der Waals surface area contributed by atoms with Crippen LogP contribution in [0.1, 0.15) is 6.42 Å². The molecule has 0 spiro atoms. The lowest BCUT2D eigenvalue weighted by Crippen LogP contribution is -2.56. The number of rotatable bonds is 4. The van der Waals surface area contributed by atoms with Crippen LogP contribution in [-0.4, -0.2) is 69.3 Å². The molecule has 0 bridgehead atoms. The molecule has 25 heavy (non-hydrogen) atoms. The smallest absolute Gasteiger partial charge is 0.285 e. The Kier molecular flexibility index (Phi) is 4.65. The number of nitrogens with zero attached hydrogens (tertiary/aromatic N) is 4. The maximum Gasteiger partial charge on any atom is 0.285 e. The van der Waals surface area contributed by atoms with E-state index in [9.17, 15) is 13.6 Å². The Balaban J connectivity index is 1.83. The average molecular weight is 376 g/mol. The van der Waals surface area contributed by atoms with Crippen LogP contribution < -0.4 is 10.1 Å². The molecule has 0 aromatic carbocycles. The number of hydrogen-bond acceptors (Lipinski definition) is 6. The van der Waals surface area contributed by atoms with Gasteiger partial charge in [-0.3, -0.25) is 4.79 Å². The van der Waals surface area contributed by atoms with Gasteiger partial charge in [-0.25, -0.2) is 13.3 Å². The molecule has 3 rings (SSSR count). The van der Waals surface area contributed by atoms with Gasteiger partial charge in [0.15, 0.2) is 0 Å². The lowest BCUT2D eigenvalue weighted by Gasteiger charge is -2.38. The van der Waals surface area contributed by atoms with Gasteiger partial charge in [0.25, 0.3) is 5.92 Å². The van der Waals surface area contributed by atoms with Gasteiger partial charge >= 0.3 is 0 Å². The number of piperidine rings is 1. The van der Waals surface area contributed by atoms with Crippen LogP contribution in [0.4, 0.5) is 14.7 Å². The highest BCUT2D eigenvalue weighted by molar-refractivity contribution is 6.34. The molecular weight excluding hydrogens is 360 g/mol. The molecular formula is C14H16ClF2N5O3. The van der Waals surface area contributed by atoms with Crippen molar-refractivity contribution >= 4 is 29.0 Å². The molecule has 1 saturated heterocycles. The number of ether oxygens (including phenoxy) is 1. The molecule has 3 heterocycles. The van der Waals surface area contributed by atoms with Gasteiger partial charge in [-0.05, 0) is 12.5 Å². The number of fused-ring (bicyclic) bond motifs is 1. The Labute approximate surface area is 146 Å². The summed E-state index contributed by atoms with van der Waals surface area (Å²) in [5.41, 5.74) is 0.435. The van der Waals surface area contributed by atoms with Gasteiger partial charge in [0.05, 0.1) is 24.7 Å². The normalized spacial score (nSPS) is 19.9. The summed E-state index contributed by atoms with van der Waals surface area (Å²) >= 11 is 6.03. The number of aliphatic hydroxyl groups is 1. The minimum Gasteiger partial charge on any atom is -0.479 e. The van der Waals surface area contributed by atoms with E-state index in [1.807, 2.05) is 0 Å². The summed E-state index contributed by atoms with van der Waals surface area (Å²) in [6, 6.07) is 0.328. The van der Waals surface area contributed by atoms with Crippen molar-refractivity contribution in [2.75, 3.05) is 32.1 Å². The molecule has 2 aromatic heterocycles. The molecule has 2 N–H and O–H groups in total. The first-order valence-electron chi connectivity index (χ1n) is 7.47. The highest BCUT2D eigenvalue weighted by atomic mass is 35.5. The van der Waals surface area contributed by atoms with Crippen molar-refractivity contribution in [2.45, 2.75) is 18.4 Å². The number of anilines is 1. The fourth-order valence-electron chi connectivity index (χ4n) is 2.75. The molecule has 8 nitrogen and oxygen atoms in total. The Bertz CT molecular complexity index is 800. The molecule has 0 saturated carbocycles. The molecule has 1 aliphatic heterocycles. The van der Waals surface area contributed by atoms with Gasteiger partial charge in [0.1, 0.15) is 12.1 Å². The average Bonchev–Trinajstić information content (AvgIpc) is 2.96. The molecule has 0 aliphatic carbocycles. The SMILES string of the molecule is COc1nc(N[C@@H]2CCN(C(=O)CO)CC2(F)F)nn2ccc(Cl)c12. The minimum atomic E-state index is -3.21. The molecule has 1 aliphatic rings. The number of methoxy groups -OCH3 is 1.